The Labute approximate surface area is 353 Å². The fourth-order valence-corrected chi connectivity index (χ4v) is 10.1. The van der Waals surface area contributed by atoms with Crippen molar-refractivity contribution >= 4 is 61.1 Å². The molecule has 1 saturated carbocycles. The van der Waals surface area contributed by atoms with Crippen LogP contribution in [0.5, 0.6) is 5.75 Å². The summed E-state index contributed by atoms with van der Waals surface area (Å²) < 4.78 is 17.8. The molecule has 8 rings (SSSR count). The molecular weight excluding hydrogens is 783 g/mol. The van der Waals surface area contributed by atoms with Crippen molar-refractivity contribution in [3.8, 4) is 17.6 Å². The van der Waals surface area contributed by atoms with E-state index >= 15 is 0 Å². The summed E-state index contributed by atoms with van der Waals surface area (Å²) in [4.78, 5) is 53.0. The van der Waals surface area contributed by atoms with Gasteiger partial charge in [-0.1, -0.05) is 47.4 Å². The number of esters is 1. The SMILES string of the molecule is COC(=O)c1nc(N2CCc3cccc(C(=O)Nc4nc5ccccc5s4)c3C2)sc1CCCOc1ccc(C#CC2CCC3(CC2)CN(C(=O)OC(C)(C)C)C3)cc1. The summed E-state index contributed by atoms with van der Waals surface area (Å²) in [7, 11) is 1.37. The molecular formula is C46H49N5O6S2. The fraction of sp³-hybridized carbons (Fsp3) is 0.413. The Kier molecular flexibility index (Phi) is 11.6. The van der Waals surface area contributed by atoms with Crippen LogP contribution in [-0.4, -0.2) is 71.8 Å². The van der Waals surface area contributed by atoms with E-state index in [2.05, 4.69) is 33.1 Å². The summed E-state index contributed by atoms with van der Waals surface area (Å²) in [5.74, 6) is 7.32. The van der Waals surface area contributed by atoms with Crippen molar-refractivity contribution in [1.29, 1.82) is 0 Å². The number of anilines is 2. The number of likely N-dealkylation sites (tertiary alicyclic amines) is 1. The number of hydrogen-bond donors (Lipinski definition) is 1. The zero-order chi connectivity index (χ0) is 41.1. The predicted octanol–water partition coefficient (Wildman–Crippen LogP) is 9.14. The number of amides is 2. The standard InChI is InChI=1S/C46H49N5O6S2/c1-45(2,3)57-44(54)51-28-46(29-51)23-20-31(21-24-46)15-14-30-16-18-33(19-17-30)56-26-8-13-38-39(41(53)55-4)48-43(59-38)50-25-22-32-9-7-10-34(35(32)27-50)40(52)49-42-47-36-11-5-6-12-37(36)58-42/h5-7,9-12,16-19,31H,8,13,20-29H2,1-4H3,(H,47,49,52). The monoisotopic (exact) mass is 831 g/mol. The number of rotatable bonds is 9. The van der Waals surface area contributed by atoms with Crippen LogP contribution in [-0.2, 0) is 28.9 Å². The number of aromatic nitrogens is 2. The van der Waals surface area contributed by atoms with Gasteiger partial charge in [-0.2, -0.15) is 0 Å². The van der Waals surface area contributed by atoms with Crippen molar-refractivity contribution in [3.05, 3.63) is 99.6 Å². The van der Waals surface area contributed by atoms with Gasteiger partial charge in [-0.25, -0.2) is 19.6 Å². The number of carbonyl (C=O) groups excluding carboxylic acids is 3. The molecule has 2 aromatic heterocycles. The number of para-hydroxylation sites is 1. The summed E-state index contributed by atoms with van der Waals surface area (Å²) >= 11 is 2.94. The van der Waals surface area contributed by atoms with Crippen molar-refractivity contribution in [2.45, 2.75) is 77.9 Å². The first-order valence-corrected chi connectivity index (χ1v) is 21.9. The Morgan fingerprint density at radius 3 is 2.49 bits per heavy atom. The van der Waals surface area contributed by atoms with E-state index in [0.29, 0.717) is 54.8 Å². The van der Waals surface area contributed by atoms with Crippen molar-refractivity contribution in [3.63, 3.8) is 0 Å². The summed E-state index contributed by atoms with van der Waals surface area (Å²) in [6.45, 7) is 8.95. The van der Waals surface area contributed by atoms with E-state index in [-0.39, 0.29) is 17.4 Å². The van der Waals surface area contributed by atoms with Gasteiger partial charge in [-0.15, -0.1) is 11.3 Å². The lowest BCUT2D eigenvalue weighted by molar-refractivity contribution is -0.0516. The molecule has 3 aromatic carbocycles. The van der Waals surface area contributed by atoms with Crippen LogP contribution in [0.3, 0.4) is 0 Å². The van der Waals surface area contributed by atoms with Crippen molar-refractivity contribution in [2.24, 2.45) is 11.3 Å². The number of carbonyl (C=O) groups is 3. The lowest BCUT2D eigenvalue weighted by Gasteiger charge is -2.52. The van der Waals surface area contributed by atoms with Gasteiger partial charge < -0.3 is 24.0 Å². The van der Waals surface area contributed by atoms with Gasteiger partial charge in [0.25, 0.3) is 5.91 Å². The van der Waals surface area contributed by atoms with Gasteiger partial charge in [0.1, 0.15) is 11.4 Å². The second-order valence-electron chi connectivity index (χ2n) is 16.7. The minimum Gasteiger partial charge on any atom is -0.494 e. The first-order chi connectivity index (χ1) is 28.4. The van der Waals surface area contributed by atoms with Gasteiger partial charge in [0.2, 0.25) is 0 Å². The highest BCUT2D eigenvalue weighted by Gasteiger charge is 2.47. The van der Waals surface area contributed by atoms with Crippen LogP contribution in [0.25, 0.3) is 10.2 Å². The molecule has 0 unspecified atom stereocenters. The van der Waals surface area contributed by atoms with Crippen LogP contribution < -0.4 is 15.0 Å². The third kappa shape index (κ3) is 9.40. The van der Waals surface area contributed by atoms with Crippen LogP contribution in [0, 0.1) is 23.2 Å². The Hall–Kier alpha value is -5.45. The molecule has 59 heavy (non-hydrogen) atoms. The Balaban J connectivity index is 0.825. The summed E-state index contributed by atoms with van der Waals surface area (Å²) in [5, 5.41) is 4.30. The summed E-state index contributed by atoms with van der Waals surface area (Å²) in [6, 6.07) is 21.6. The molecule has 11 nitrogen and oxygen atoms in total. The van der Waals surface area contributed by atoms with E-state index in [1.54, 1.807) is 0 Å². The molecule has 306 valence electrons. The lowest BCUT2D eigenvalue weighted by Crippen LogP contribution is -2.60. The van der Waals surface area contributed by atoms with Crippen LogP contribution in [0.2, 0.25) is 0 Å². The van der Waals surface area contributed by atoms with Crippen molar-refractivity contribution < 1.29 is 28.6 Å². The first-order valence-electron chi connectivity index (χ1n) is 20.3. The summed E-state index contributed by atoms with van der Waals surface area (Å²) in [6.07, 6.45) is 6.10. The van der Waals surface area contributed by atoms with E-state index in [1.807, 2.05) is 86.3 Å². The number of benzene rings is 3. The van der Waals surface area contributed by atoms with Gasteiger partial charge in [0.05, 0.1) is 23.9 Å². The minimum absolute atomic E-state index is 0.196. The number of thiazole rings is 2. The number of aryl methyl sites for hydroxylation is 1. The van der Waals surface area contributed by atoms with Gasteiger partial charge >= 0.3 is 12.1 Å². The highest BCUT2D eigenvalue weighted by atomic mass is 32.1. The molecule has 0 bridgehead atoms. The van der Waals surface area contributed by atoms with Gasteiger partial charge in [0, 0.05) is 53.5 Å². The number of methoxy groups -OCH3 is 1. The molecule has 1 spiro atoms. The Bertz CT molecular complexity index is 2370. The molecule has 2 aliphatic heterocycles. The highest BCUT2D eigenvalue weighted by Crippen LogP contribution is 2.46. The van der Waals surface area contributed by atoms with E-state index < -0.39 is 11.6 Å². The van der Waals surface area contributed by atoms with Crippen LogP contribution in [0.15, 0.2) is 66.7 Å². The maximum Gasteiger partial charge on any atom is 0.410 e. The number of nitrogens with zero attached hydrogens (tertiary/aromatic N) is 4. The predicted molar refractivity (Wildman–Crippen MR) is 232 cm³/mol. The molecule has 3 aliphatic rings. The maximum absolute atomic E-state index is 13.6. The van der Waals surface area contributed by atoms with E-state index in [4.69, 9.17) is 19.2 Å². The molecule has 2 fully saturated rings. The molecule has 2 amide bonds. The maximum atomic E-state index is 13.6. The molecule has 1 saturated heterocycles. The molecule has 1 N–H and O–H groups in total. The quantitative estimate of drug-likeness (QED) is 0.0880. The second kappa shape index (κ2) is 17.0. The average molecular weight is 832 g/mol. The number of ether oxygens (including phenoxy) is 3. The molecule has 0 radical (unpaired) electrons. The Morgan fingerprint density at radius 2 is 1.75 bits per heavy atom. The first kappa shape index (κ1) is 40.3. The van der Waals surface area contributed by atoms with Crippen molar-refractivity contribution in [1.82, 2.24) is 14.9 Å². The van der Waals surface area contributed by atoms with Crippen molar-refractivity contribution in [2.75, 3.05) is 43.6 Å². The molecule has 0 atom stereocenters. The normalized spacial score (nSPS) is 16.1. The lowest BCUT2D eigenvalue weighted by atomic mass is 9.66. The van der Waals surface area contributed by atoms with Crippen LogP contribution >= 0.6 is 22.7 Å². The molecule has 13 heteroatoms. The minimum atomic E-state index is -0.471. The molecule has 5 aromatic rings. The third-order valence-corrected chi connectivity index (χ3v) is 13.3. The Morgan fingerprint density at radius 1 is 0.966 bits per heavy atom. The van der Waals surface area contributed by atoms with Crippen LogP contribution in [0.1, 0.15) is 95.3 Å². The third-order valence-electron chi connectivity index (χ3n) is 11.2. The molecule has 1 aliphatic carbocycles. The van der Waals surface area contributed by atoms with E-state index in [0.717, 1.165) is 87.9 Å². The number of nitrogens with one attached hydrogen (secondary N) is 1. The van der Waals surface area contributed by atoms with E-state index in [9.17, 15) is 14.4 Å². The number of hydrogen-bond acceptors (Lipinski definition) is 11. The largest absolute Gasteiger partial charge is 0.494 e. The summed E-state index contributed by atoms with van der Waals surface area (Å²) in [5.41, 5.74) is 4.57. The zero-order valence-corrected chi connectivity index (χ0v) is 35.6. The smallest absolute Gasteiger partial charge is 0.410 e. The number of fused-ring (bicyclic) bond motifs is 2. The van der Waals surface area contributed by atoms with E-state index in [1.165, 1.54) is 29.8 Å². The topological polar surface area (TPSA) is 123 Å². The zero-order valence-electron chi connectivity index (χ0n) is 34.0. The molecule has 4 heterocycles. The van der Waals surface area contributed by atoms with Gasteiger partial charge in [0.15, 0.2) is 16.0 Å². The van der Waals surface area contributed by atoms with Gasteiger partial charge in [-0.3, -0.25) is 10.1 Å². The van der Waals surface area contributed by atoms with Gasteiger partial charge in [-0.05, 0) is 119 Å². The van der Waals surface area contributed by atoms with Crippen LogP contribution in [0.4, 0.5) is 15.1 Å². The fourth-order valence-electron chi connectivity index (χ4n) is 8.10. The average Bonchev–Trinajstić information content (AvgIpc) is 3.84. The highest BCUT2D eigenvalue weighted by molar-refractivity contribution is 7.22. The second-order valence-corrected chi connectivity index (χ2v) is 18.8.